The summed E-state index contributed by atoms with van der Waals surface area (Å²) in [4.78, 5) is 26.6. The number of rotatable bonds is 3. The lowest BCUT2D eigenvalue weighted by molar-refractivity contribution is -0.141. The second kappa shape index (κ2) is 4.82. The van der Waals surface area contributed by atoms with Gasteiger partial charge in [0, 0.05) is 21.1 Å². The van der Waals surface area contributed by atoms with E-state index < -0.39 is 5.54 Å². The quantitative estimate of drug-likeness (QED) is 0.718. The molecule has 1 heterocycles. The van der Waals surface area contributed by atoms with Crippen molar-refractivity contribution in [1.29, 1.82) is 0 Å². The number of carbonyl (C=O) groups is 2. The highest BCUT2D eigenvalue weighted by molar-refractivity contribution is 5.90. The number of amides is 2. The zero-order chi connectivity index (χ0) is 12.3. The lowest BCUT2D eigenvalue weighted by atomic mass is 9.98. The topological polar surface area (TPSA) is 52.7 Å². The van der Waals surface area contributed by atoms with Gasteiger partial charge in [0.15, 0.2) is 0 Å². The van der Waals surface area contributed by atoms with Crippen LogP contribution in [0.25, 0.3) is 0 Å². The van der Waals surface area contributed by atoms with Crippen molar-refractivity contribution in [3.8, 4) is 0 Å². The second-order valence-electron chi connectivity index (χ2n) is 4.81. The van der Waals surface area contributed by atoms with Crippen LogP contribution < -0.4 is 5.32 Å². The second-order valence-corrected chi connectivity index (χ2v) is 4.81. The van der Waals surface area contributed by atoms with Gasteiger partial charge in [-0.1, -0.05) is 0 Å². The summed E-state index contributed by atoms with van der Waals surface area (Å²) in [6.07, 6.45) is 1.85. The molecule has 0 radical (unpaired) electrons. The molecular formula is C11H21N3O2. The Labute approximate surface area is 96.8 Å². The molecule has 1 aliphatic heterocycles. The first-order chi connectivity index (χ1) is 7.37. The van der Waals surface area contributed by atoms with Crippen molar-refractivity contribution in [2.45, 2.75) is 25.3 Å². The van der Waals surface area contributed by atoms with E-state index in [2.05, 4.69) is 5.32 Å². The smallest absolute Gasteiger partial charge is 0.242 e. The van der Waals surface area contributed by atoms with Gasteiger partial charge in [-0.25, -0.2) is 0 Å². The van der Waals surface area contributed by atoms with Crippen LogP contribution in [0.15, 0.2) is 0 Å². The number of carbonyl (C=O) groups excluding carboxylic acids is 2. The molecule has 5 heteroatoms. The zero-order valence-corrected chi connectivity index (χ0v) is 10.5. The molecule has 0 aromatic heterocycles. The lowest BCUT2D eigenvalue weighted by Gasteiger charge is -2.29. The van der Waals surface area contributed by atoms with Gasteiger partial charge in [0.25, 0.3) is 0 Å². The highest BCUT2D eigenvalue weighted by atomic mass is 16.2. The Hall–Kier alpha value is -1.10. The van der Waals surface area contributed by atoms with E-state index in [4.69, 9.17) is 0 Å². The maximum atomic E-state index is 12.1. The van der Waals surface area contributed by atoms with Crippen LogP contribution in [0.3, 0.4) is 0 Å². The van der Waals surface area contributed by atoms with Crippen molar-refractivity contribution in [3.63, 3.8) is 0 Å². The van der Waals surface area contributed by atoms with Crippen molar-refractivity contribution >= 4 is 11.8 Å². The standard InChI is InChI=1S/C11H21N3O2/c1-11(6-5-7-12-11)10(16)14(4)8-9(15)13(2)3/h12H,5-8H2,1-4H3. The van der Waals surface area contributed by atoms with E-state index in [0.717, 1.165) is 19.4 Å². The monoisotopic (exact) mass is 227 g/mol. The first-order valence-corrected chi connectivity index (χ1v) is 5.57. The molecule has 16 heavy (non-hydrogen) atoms. The summed E-state index contributed by atoms with van der Waals surface area (Å²) >= 11 is 0. The van der Waals surface area contributed by atoms with Gasteiger partial charge in [0.05, 0.1) is 12.1 Å². The molecule has 1 N–H and O–H groups in total. The lowest BCUT2D eigenvalue weighted by Crippen LogP contribution is -2.53. The summed E-state index contributed by atoms with van der Waals surface area (Å²) in [5.41, 5.74) is -0.485. The van der Waals surface area contributed by atoms with Crippen molar-refractivity contribution in [1.82, 2.24) is 15.1 Å². The fraction of sp³-hybridized carbons (Fsp3) is 0.818. The van der Waals surface area contributed by atoms with Crippen molar-refractivity contribution in [2.24, 2.45) is 0 Å². The Morgan fingerprint density at radius 1 is 1.31 bits per heavy atom. The first-order valence-electron chi connectivity index (χ1n) is 5.57. The van der Waals surface area contributed by atoms with Crippen LogP contribution in [0, 0.1) is 0 Å². The molecule has 1 unspecified atom stereocenters. The average molecular weight is 227 g/mol. The van der Waals surface area contributed by atoms with E-state index in [1.165, 1.54) is 9.80 Å². The van der Waals surface area contributed by atoms with E-state index in [-0.39, 0.29) is 18.4 Å². The fourth-order valence-corrected chi connectivity index (χ4v) is 1.91. The summed E-state index contributed by atoms with van der Waals surface area (Å²) in [5, 5.41) is 3.20. The summed E-state index contributed by atoms with van der Waals surface area (Å²) in [6.45, 7) is 2.92. The number of likely N-dealkylation sites (N-methyl/N-ethyl adjacent to an activating group) is 2. The number of hydrogen-bond donors (Lipinski definition) is 1. The molecule has 5 nitrogen and oxygen atoms in total. The third kappa shape index (κ3) is 2.72. The van der Waals surface area contributed by atoms with Crippen molar-refractivity contribution in [3.05, 3.63) is 0 Å². The van der Waals surface area contributed by atoms with Gasteiger partial charge >= 0.3 is 0 Å². The van der Waals surface area contributed by atoms with Crippen LogP contribution in [0.4, 0.5) is 0 Å². The van der Waals surface area contributed by atoms with Crippen LogP contribution in [-0.4, -0.2) is 61.4 Å². The number of nitrogens with zero attached hydrogens (tertiary/aromatic N) is 2. The van der Waals surface area contributed by atoms with E-state index in [0.29, 0.717) is 0 Å². The van der Waals surface area contributed by atoms with Crippen LogP contribution in [0.2, 0.25) is 0 Å². The maximum absolute atomic E-state index is 12.1. The highest BCUT2D eigenvalue weighted by Gasteiger charge is 2.38. The molecule has 92 valence electrons. The Morgan fingerprint density at radius 3 is 2.38 bits per heavy atom. The first kappa shape index (κ1) is 13.0. The number of hydrogen-bond acceptors (Lipinski definition) is 3. The molecule has 0 spiro atoms. The minimum absolute atomic E-state index is 0.000185. The Kier molecular flexibility index (Phi) is 3.91. The predicted octanol–water partition coefficient (Wildman–Crippen LogP) is -0.325. The normalized spacial score (nSPS) is 24.2. The molecule has 0 aliphatic carbocycles. The summed E-state index contributed by atoms with van der Waals surface area (Å²) in [6, 6.07) is 0. The van der Waals surface area contributed by atoms with Gasteiger partial charge in [-0.15, -0.1) is 0 Å². The zero-order valence-electron chi connectivity index (χ0n) is 10.5. The molecule has 2 amide bonds. The average Bonchev–Trinajstić information content (AvgIpc) is 2.64. The number of nitrogens with one attached hydrogen (secondary N) is 1. The van der Waals surface area contributed by atoms with Gasteiger partial charge in [-0.3, -0.25) is 9.59 Å². The van der Waals surface area contributed by atoms with Gasteiger partial charge in [-0.2, -0.15) is 0 Å². The molecule has 1 aliphatic rings. The molecule has 0 aromatic rings. The Bertz CT molecular complexity index is 283. The molecule has 0 aromatic carbocycles. The van der Waals surface area contributed by atoms with E-state index in [9.17, 15) is 9.59 Å². The van der Waals surface area contributed by atoms with Crippen molar-refractivity contribution in [2.75, 3.05) is 34.2 Å². The Balaban J connectivity index is 2.57. The SMILES string of the molecule is CN(C)C(=O)CN(C)C(=O)C1(C)CCCN1. The molecule has 1 saturated heterocycles. The third-order valence-corrected chi connectivity index (χ3v) is 3.06. The van der Waals surface area contributed by atoms with E-state index >= 15 is 0 Å². The van der Waals surface area contributed by atoms with Crippen LogP contribution in [-0.2, 0) is 9.59 Å². The summed E-state index contributed by atoms with van der Waals surface area (Å²) in [7, 11) is 5.06. The molecule has 1 fully saturated rings. The van der Waals surface area contributed by atoms with Crippen LogP contribution in [0.5, 0.6) is 0 Å². The third-order valence-electron chi connectivity index (χ3n) is 3.06. The minimum atomic E-state index is -0.485. The van der Waals surface area contributed by atoms with Gasteiger partial charge in [0.2, 0.25) is 11.8 Å². The molecule has 0 saturated carbocycles. The van der Waals surface area contributed by atoms with E-state index in [1.807, 2.05) is 6.92 Å². The molecular weight excluding hydrogens is 206 g/mol. The van der Waals surface area contributed by atoms with Gasteiger partial charge in [0.1, 0.15) is 0 Å². The summed E-state index contributed by atoms with van der Waals surface area (Å²) in [5.74, 6) is -0.0577. The Morgan fingerprint density at radius 2 is 1.94 bits per heavy atom. The fourth-order valence-electron chi connectivity index (χ4n) is 1.91. The largest absolute Gasteiger partial charge is 0.347 e. The van der Waals surface area contributed by atoms with Gasteiger partial charge < -0.3 is 15.1 Å². The minimum Gasteiger partial charge on any atom is -0.347 e. The van der Waals surface area contributed by atoms with Crippen LogP contribution >= 0.6 is 0 Å². The molecule has 1 rings (SSSR count). The van der Waals surface area contributed by atoms with E-state index in [1.54, 1.807) is 21.1 Å². The maximum Gasteiger partial charge on any atom is 0.242 e. The van der Waals surface area contributed by atoms with Crippen LogP contribution in [0.1, 0.15) is 19.8 Å². The summed E-state index contributed by atoms with van der Waals surface area (Å²) < 4.78 is 0. The molecule has 0 bridgehead atoms. The predicted molar refractivity (Wildman–Crippen MR) is 62.0 cm³/mol. The van der Waals surface area contributed by atoms with Crippen molar-refractivity contribution < 1.29 is 9.59 Å². The highest BCUT2D eigenvalue weighted by Crippen LogP contribution is 2.20. The van der Waals surface area contributed by atoms with Gasteiger partial charge in [-0.05, 0) is 26.3 Å². The molecule has 1 atom stereocenters.